The molecule has 0 aliphatic rings. The van der Waals surface area contributed by atoms with Gasteiger partial charge in [0.25, 0.3) is 0 Å². The largest absolute Gasteiger partial charge is 0.336 e. The van der Waals surface area contributed by atoms with Crippen molar-refractivity contribution in [2.45, 2.75) is 6.92 Å². The lowest BCUT2D eigenvalue weighted by molar-refractivity contribution is 0.628. The van der Waals surface area contributed by atoms with Crippen molar-refractivity contribution < 1.29 is 4.39 Å². The number of fused-ring (bicyclic) bond motifs is 2. The van der Waals surface area contributed by atoms with E-state index in [1.165, 1.54) is 12.1 Å². The highest BCUT2D eigenvalue weighted by Gasteiger charge is 2.17. The first-order valence-electron chi connectivity index (χ1n) is 10.0. The van der Waals surface area contributed by atoms with Crippen LogP contribution in [0.1, 0.15) is 5.82 Å². The molecule has 0 amide bonds. The summed E-state index contributed by atoms with van der Waals surface area (Å²) in [6.07, 6.45) is 5.30. The molecule has 9 heteroatoms. The van der Waals surface area contributed by atoms with E-state index in [9.17, 15) is 4.39 Å². The van der Waals surface area contributed by atoms with Crippen LogP contribution in [0.15, 0.2) is 55.0 Å². The molecule has 2 N–H and O–H groups in total. The van der Waals surface area contributed by atoms with E-state index < -0.39 is 0 Å². The van der Waals surface area contributed by atoms with Gasteiger partial charge in [-0.05, 0) is 31.2 Å². The Hall–Kier alpha value is -4.40. The maximum absolute atomic E-state index is 13.8. The van der Waals surface area contributed by atoms with Crippen molar-refractivity contribution in [3.63, 3.8) is 0 Å². The first-order valence-corrected chi connectivity index (χ1v) is 10.0. The number of halogens is 1. The molecular weight excluding hydrogens is 407 g/mol. The number of nitrogens with one attached hydrogen (secondary N) is 2. The van der Waals surface area contributed by atoms with Crippen LogP contribution in [0.3, 0.4) is 0 Å². The summed E-state index contributed by atoms with van der Waals surface area (Å²) in [6, 6.07) is 10.2. The van der Waals surface area contributed by atoms with Gasteiger partial charge in [0.2, 0.25) is 0 Å². The fourth-order valence-corrected chi connectivity index (χ4v) is 3.89. The molecule has 0 unspecified atom stereocenters. The maximum atomic E-state index is 13.8. The van der Waals surface area contributed by atoms with Crippen LogP contribution in [0.25, 0.3) is 56.1 Å². The first kappa shape index (κ1) is 18.4. The van der Waals surface area contributed by atoms with Crippen LogP contribution in [0, 0.1) is 12.7 Å². The zero-order valence-corrected chi connectivity index (χ0v) is 17.3. The van der Waals surface area contributed by atoms with E-state index in [1.807, 2.05) is 42.9 Å². The summed E-state index contributed by atoms with van der Waals surface area (Å²) in [6.45, 7) is 1.96. The van der Waals surface area contributed by atoms with Crippen molar-refractivity contribution in [2.24, 2.45) is 7.05 Å². The number of hydrogen-bond acceptors (Lipinski definition) is 5. The first-order chi connectivity index (χ1) is 15.6. The molecule has 0 aliphatic heterocycles. The van der Waals surface area contributed by atoms with Gasteiger partial charge in [-0.15, -0.1) is 0 Å². The van der Waals surface area contributed by atoms with Gasteiger partial charge in [0, 0.05) is 30.6 Å². The second-order valence-corrected chi connectivity index (χ2v) is 7.59. The van der Waals surface area contributed by atoms with Gasteiger partial charge in [-0.25, -0.2) is 19.3 Å². The number of aromatic amines is 2. The van der Waals surface area contributed by atoms with E-state index in [-0.39, 0.29) is 5.82 Å². The van der Waals surface area contributed by atoms with Crippen LogP contribution in [0.2, 0.25) is 0 Å². The Morgan fingerprint density at radius 2 is 1.88 bits per heavy atom. The van der Waals surface area contributed by atoms with Gasteiger partial charge < -0.3 is 9.55 Å². The number of aromatic nitrogens is 8. The molecule has 0 saturated heterocycles. The number of aryl methyl sites for hydroxylation is 1. The van der Waals surface area contributed by atoms with E-state index in [2.05, 4.69) is 30.1 Å². The Kier molecular flexibility index (Phi) is 3.91. The third-order valence-electron chi connectivity index (χ3n) is 5.66. The summed E-state index contributed by atoms with van der Waals surface area (Å²) in [7, 11) is 1.97. The van der Waals surface area contributed by atoms with Crippen molar-refractivity contribution in [3.8, 4) is 34.0 Å². The lowest BCUT2D eigenvalue weighted by Gasteiger charge is -2.03. The Morgan fingerprint density at radius 3 is 2.69 bits per heavy atom. The molecule has 0 atom stereocenters. The van der Waals surface area contributed by atoms with Crippen molar-refractivity contribution in [1.82, 2.24) is 39.7 Å². The van der Waals surface area contributed by atoms with Crippen molar-refractivity contribution >= 4 is 22.1 Å². The quantitative estimate of drug-likeness (QED) is 0.438. The van der Waals surface area contributed by atoms with Gasteiger partial charge >= 0.3 is 0 Å². The third kappa shape index (κ3) is 2.78. The molecule has 5 heterocycles. The number of hydrogen-bond donors (Lipinski definition) is 2. The molecule has 32 heavy (non-hydrogen) atoms. The minimum absolute atomic E-state index is 0.320. The summed E-state index contributed by atoms with van der Waals surface area (Å²) in [5.41, 5.74) is 5.91. The number of H-pyrrole nitrogens is 2. The molecule has 1 aromatic carbocycles. The molecule has 156 valence electrons. The molecule has 6 aromatic rings. The van der Waals surface area contributed by atoms with Gasteiger partial charge in [0.1, 0.15) is 22.9 Å². The van der Waals surface area contributed by atoms with Crippen LogP contribution in [0.4, 0.5) is 4.39 Å². The Morgan fingerprint density at radius 1 is 0.969 bits per heavy atom. The third-order valence-corrected chi connectivity index (χ3v) is 5.66. The minimum Gasteiger partial charge on any atom is -0.336 e. The summed E-state index contributed by atoms with van der Waals surface area (Å²) >= 11 is 0. The lowest BCUT2D eigenvalue weighted by Crippen LogP contribution is -1.94. The number of imidazole rings is 2. The van der Waals surface area contributed by atoms with Crippen LogP contribution in [-0.4, -0.2) is 39.7 Å². The monoisotopic (exact) mass is 424 g/mol. The topological polar surface area (TPSA) is 101 Å². The normalized spacial score (nSPS) is 11.6. The fraction of sp³-hybridized carbons (Fsp3) is 0.0870. The zero-order valence-electron chi connectivity index (χ0n) is 17.3. The smallest absolute Gasteiger partial charge is 0.159 e. The predicted octanol–water partition coefficient (Wildman–Crippen LogP) is 4.41. The molecule has 0 aliphatic carbocycles. The molecule has 0 spiro atoms. The van der Waals surface area contributed by atoms with Gasteiger partial charge in [-0.3, -0.25) is 10.1 Å². The molecule has 0 fully saturated rings. The number of rotatable bonds is 3. The molecule has 0 radical (unpaired) electrons. The predicted molar refractivity (Wildman–Crippen MR) is 119 cm³/mol. The minimum atomic E-state index is -0.320. The molecule has 6 rings (SSSR count). The van der Waals surface area contributed by atoms with E-state index in [4.69, 9.17) is 4.98 Å². The maximum Gasteiger partial charge on any atom is 0.159 e. The van der Waals surface area contributed by atoms with Crippen molar-refractivity contribution in [1.29, 1.82) is 0 Å². The highest BCUT2D eigenvalue weighted by Crippen LogP contribution is 2.31. The zero-order chi connectivity index (χ0) is 21.8. The van der Waals surface area contributed by atoms with E-state index in [1.54, 1.807) is 18.5 Å². The fourth-order valence-electron chi connectivity index (χ4n) is 3.89. The highest BCUT2D eigenvalue weighted by molar-refractivity contribution is 5.96. The summed E-state index contributed by atoms with van der Waals surface area (Å²) in [4.78, 5) is 21.4. The number of pyridine rings is 2. The van der Waals surface area contributed by atoms with Gasteiger partial charge in [-0.1, -0.05) is 12.1 Å². The molecule has 0 bridgehead atoms. The number of benzene rings is 1. The van der Waals surface area contributed by atoms with Crippen LogP contribution in [-0.2, 0) is 7.05 Å². The Balaban J connectivity index is 1.52. The summed E-state index contributed by atoms with van der Waals surface area (Å²) < 4.78 is 15.8. The molecular formula is C23H17FN8. The van der Waals surface area contributed by atoms with Gasteiger partial charge in [0.05, 0.1) is 28.5 Å². The van der Waals surface area contributed by atoms with Gasteiger partial charge in [0.15, 0.2) is 11.5 Å². The van der Waals surface area contributed by atoms with Crippen molar-refractivity contribution in [2.75, 3.05) is 0 Å². The average Bonchev–Trinajstić information content (AvgIpc) is 3.50. The van der Waals surface area contributed by atoms with Gasteiger partial charge in [-0.2, -0.15) is 5.10 Å². The second-order valence-electron chi connectivity index (χ2n) is 7.59. The highest BCUT2D eigenvalue weighted by atomic mass is 19.1. The standard InChI is InChI=1S/C23H17FN8/c1-12-26-11-18(32(12)2)14-9-16-20(30-31-22(16)27-10-14)23-28-17-6-7-25-19(21(17)29-23)13-4-3-5-15(24)8-13/h3-11H,1-2H3,(H,28,29)(H,27,30,31). The van der Waals surface area contributed by atoms with Crippen LogP contribution >= 0.6 is 0 Å². The SMILES string of the molecule is Cc1ncc(-c2cnc3[nH]nc(-c4nc5c(-c6cccc(F)c6)nccc5[nH]4)c3c2)n1C. The van der Waals surface area contributed by atoms with Crippen LogP contribution < -0.4 is 0 Å². The molecule has 0 saturated carbocycles. The van der Waals surface area contributed by atoms with E-state index in [0.29, 0.717) is 33.9 Å². The van der Waals surface area contributed by atoms with E-state index >= 15 is 0 Å². The van der Waals surface area contributed by atoms with Crippen molar-refractivity contribution in [3.05, 3.63) is 66.6 Å². The second kappa shape index (κ2) is 6.81. The summed E-state index contributed by atoms with van der Waals surface area (Å²) in [5.74, 6) is 1.18. The lowest BCUT2D eigenvalue weighted by atomic mass is 10.1. The number of nitrogens with zero attached hydrogens (tertiary/aromatic N) is 6. The summed E-state index contributed by atoms with van der Waals surface area (Å²) in [5, 5.41) is 8.26. The van der Waals surface area contributed by atoms with Crippen LogP contribution in [0.5, 0.6) is 0 Å². The Bertz CT molecular complexity index is 1620. The molecule has 5 aromatic heterocycles. The Labute approximate surface area is 181 Å². The van der Waals surface area contributed by atoms with E-state index in [0.717, 1.165) is 28.0 Å². The molecule has 8 nitrogen and oxygen atoms in total. The average molecular weight is 424 g/mol.